The molecule has 1 aromatic heterocycles. The van der Waals surface area contributed by atoms with E-state index >= 15 is 0 Å². The number of rotatable bonds is 4. The van der Waals surface area contributed by atoms with Crippen LogP contribution in [0.2, 0.25) is 0 Å². The molecular weight excluding hydrogens is 365 g/mol. The van der Waals surface area contributed by atoms with Crippen molar-refractivity contribution in [2.75, 3.05) is 5.32 Å². The van der Waals surface area contributed by atoms with Gasteiger partial charge in [0.15, 0.2) is 0 Å². The number of nitrogens with zero attached hydrogens (tertiary/aromatic N) is 4. The molecule has 0 aliphatic rings. The molecule has 0 atom stereocenters. The van der Waals surface area contributed by atoms with E-state index in [4.69, 9.17) is 0 Å². The van der Waals surface area contributed by atoms with E-state index in [-0.39, 0.29) is 12.5 Å². The second-order valence-electron chi connectivity index (χ2n) is 4.71. The number of hydrogen-bond donors (Lipinski definition) is 1. The number of carbonyl (C=O) groups is 1. The Balaban J connectivity index is 1.66. The summed E-state index contributed by atoms with van der Waals surface area (Å²) in [6, 6.07) is 13.1. The molecule has 6 nitrogen and oxygen atoms in total. The van der Waals surface area contributed by atoms with Crippen molar-refractivity contribution in [3.8, 4) is 11.4 Å². The number of tetrazole rings is 1. The lowest BCUT2D eigenvalue weighted by Gasteiger charge is -2.04. The minimum Gasteiger partial charge on any atom is -0.324 e. The van der Waals surface area contributed by atoms with Crippen molar-refractivity contribution in [1.29, 1.82) is 0 Å². The number of halogens is 2. The van der Waals surface area contributed by atoms with Gasteiger partial charge in [-0.1, -0.05) is 22.0 Å². The summed E-state index contributed by atoms with van der Waals surface area (Å²) in [5.41, 5.74) is 1.17. The van der Waals surface area contributed by atoms with Gasteiger partial charge in [0.25, 0.3) is 0 Å². The maximum atomic E-state index is 13.1. The number of anilines is 1. The van der Waals surface area contributed by atoms with E-state index in [1.54, 1.807) is 6.07 Å². The van der Waals surface area contributed by atoms with E-state index in [1.807, 2.05) is 24.3 Å². The average molecular weight is 376 g/mol. The molecule has 0 radical (unpaired) electrons. The molecule has 8 heteroatoms. The van der Waals surface area contributed by atoms with Gasteiger partial charge in [-0.25, -0.2) is 4.39 Å². The highest BCUT2D eigenvalue weighted by Crippen LogP contribution is 2.17. The second kappa shape index (κ2) is 6.66. The Morgan fingerprint density at radius 2 is 2.00 bits per heavy atom. The van der Waals surface area contributed by atoms with Gasteiger partial charge in [-0.05, 0) is 47.7 Å². The summed E-state index contributed by atoms with van der Waals surface area (Å²) in [5.74, 6) is -0.356. The molecule has 0 saturated heterocycles. The first-order chi connectivity index (χ1) is 11.1. The zero-order valence-electron chi connectivity index (χ0n) is 11.8. The van der Waals surface area contributed by atoms with Crippen molar-refractivity contribution in [2.45, 2.75) is 6.54 Å². The molecular formula is C15H11BrFN5O. The van der Waals surface area contributed by atoms with Gasteiger partial charge in [0.05, 0.1) is 0 Å². The van der Waals surface area contributed by atoms with Crippen molar-refractivity contribution in [2.24, 2.45) is 0 Å². The fourth-order valence-electron chi connectivity index (χ4n) is 1.92. The van der Waals surface area contributed by atoms with E-state index < -0.39 is 5.82 Å². The quantitative estimate of drug-likeness (QED) is 0.760. The Hall–Kier alpha value is -2.61. The third-order valence-electron chi connectivity index (χ3n) is 2.95. The highest BCUT2D eigenvalue weighted by Gasteiger charge is 2.09. The lowest BCUT2D eigenvalue weighted by Crippen LogP contribution is -2.20. The SMILES string of the molecule is O=C(Cn1nnc(-c2ccc(Br)cc2)n1)Nc1cccc(F)c1. The van der Waals surface area contributed by atoms with Gasteiger partial charge >= 0.3 is 0 Å². The van der Waals surface area contributed by atoms with Crippen molar-refractivity contribution < 1.29 is 9.18 Å². The van der Waals surface area contributed by atoms with Gasteiger partial charge in [0, 0.05) is 15.7 Å². The van der Waals surface area contributed by atoms with Crippen LogP contribution >= 0.6 is 15.9 Å². The van der Waals surface area contributed by atoms with Gasteiger partial charge in [-0.3, -0.25) is 4.79 Å². The van der Waals surface area contributed by atoms with E-state index in [0.29, 0.717) is 11.5 Å². The molecule has 0 aliphatic carbocycles. The van der Waals surface area contributed by atoms with Crippen molar-refractivity contribution in [3.63, 3.8) is 0 Å². The van der Waals surface area contributed by atoms with Crippen LogP contribution in [0.25, 0.3) is 11.4 Å². The van der Waals surface area contributed by atoms with Crippen molar-refractivity contribution >= 4 is 27.5 Å². The lowest BCUT2D eigenvalue weighted by molar-refractivity contribution is -0.117. The van der Waals surface area contributed by atoms with E-state index in [2.05, 4.69) is 36.7 Å². The Labute approximate surface area is 139 Å². The molecule has 1 amide bonds. The molecule has 0 bridgehead atoms. The van der Waals surface area contributed by atoms with Crippen LogP contribution < -0.4 is 5.32 Å². The van der Waals surface area contributed by atoms with Crippen molar-refractivity contribution in [1.82, 2.24) is 20.2 Å². The first-order valence-electron chi connectivity index (χ1n) is 6.69. The predicted molar refractivity (Wildman–Crippen MR) is 86.0 cm³/mol. The average Bonchev–Trinajstić information content (AvgIpc) is 2.96. The summed E-state index contributed by atoms with van der Waals surface area (Å²) in [4.78, 5) is 13.1. The standard InChI is InChI=1S/C15H11BrFN5O/c16-11-6-4-10(5-7-11)15-19-21-22(20-15)9-14(23)18-13-3-1-2-12(17)8-13/h1-8H,9H2,(H,18,23). The van der Waals surface area contributed by atoms with Crippen LogP contribution in [0.4, 0.5) is 10.1 Å². The first-order valence-corrected chi connectivity index (χ1v) is 7.48. The zero-order valence-corrected chi connectivity index (χ0v) is 13.4. The number of nitrogens with one attached hydrogen (secondary N) is 1. The molecule has 0 unspecified atom stereocenters. The summed E-state index contributed by atoms with van der Waals surface area (Å²) in [6.07, 6.45) is 0. The zero-order chi connectivity index (χ0) is 16.2. The number of aromatic nitrogens is 4. The van der Waals surface area contributed by atoms with E-state index in [0.717, 1.165) is 10.0 Å². The number of hydrogen-bond acceptors (Lipinski definition) is 4. The maximum absolute atomic E-state index is 13.1. The lowest BCUT2D eigenvalue weighted by atomic mass is 10.2. The van der Waals surface area contributed by atoms with Gasteiger partial charge < -0.3 is 5.32 Å². The molecule has 0 fully saturated rings. The molecule has 0 spiro atoms. The summed E-state index contributed by atoms with van der Waals surface area (Å²) >= 11 is 3.35. The molecule has 116 valence electrons. The molecule has 3 rings (SSSR count). The number of benzene rings is 2. The minimum atomic E-state index is -0.417. The molecule has 2 aromatic carbocycles. The molecule has 1 heterocycles. The number of carbonyl (C=O) groups excluding carboxylic acids is 1. The monoisotopic (exact) mass is 375 g/mol. The second-order valence-corrected chi connectivity index (χ2v) is 5.62. The Morgan fingerprint density at radius 1 is 1.22 bits per heavy atom. The van der Waals surface area contributed by atoms with Gasteiger partial charge in [0.2, 0.25) is 11.7 Å². The molecule has 23 heavy (non-hydrogen) atoms. The van der Waals surface area contributed by atoms with E-state index in [1.165, 1.54) is 23.0 Å². The fraction of sp³-hybridized carbons (Fsp3) is 0.0667. The Bertz CT molecular complexity index is 834. The van der Waals surface area contributed by atoms with Gasteiger partial charge in [0.1, 0.15) is 12.4 Å². The van der Waals surface area contributed by atoms with Crippen LogP contribution in [0.15, 0.2) is 53.0 Å². The van der Waals surface area contributed by atoms with Gasteiger partial charge in [-0.2, -0.15) is 4.80 Å². The fourth-order valence-corrected chi connectivity index (χ4v) is 2.18. The van der Waals surface area contributed by atoms with Crippen LogP contribution in [0.1, 0.15) is 0 Å². The van der Waals surface area contributed by atoms with Crippen LogP contribution in [0.3, 0.4) is 0 Å². The first kappa shape index (κ1) is 15.3. The predicted octanol–water partition coefficient (Wildman–Crippen LogP) is 2.88. The summed E-state index contributed by atoms with van der Waals surface area (Å²) < 4.78 is 14.0. The topological polar surface area (TPSA) is 72.7 Å². The van der Waals surface area contributed by atoms with Gasteiger partial charge in [-0.15, -0.1) is 10.2 Å². The third-order valence-corrected chi connectivity index (χ3v) is 3.48. The normalized spacial score (nSPS) is 10.5. The highest BCUT2D eigenvalue weighted by molar-refractivity contribution is 9.10. The van der Waals surface area contributed by atoms with Crippen LogP contribution in [0.5, 0.6) is 0 Å². The largest absolute Gasteiger partial charge is 0.324 e. The van der Waals surface area contributed by atoms with Crippen LogP contribution in [0, 0.1) is 5.82 Å². The summed E-state index contributed by atoms with van der Waals surface area (Å²) in [7, 11) is 0. The Kier molecular flexibility index (Phi) is 4.42. The molecule has 0 aliphatic heterocycles. The Morgan fingerprint density at radius 3 is 2.74 bits per heavy atom. The third kappa shape index (κ3) is 3.98. The summed E-state index contributed by atoms with van der Waals surface area (Å²) in [6.45, 7) is -0.111. The molecule has 1 N–H and O–H groups in total. The van der Waals surface area contributed by atoms with Crippen LogP contribution in [-0.2, 0) is 11.3 Å². The summed E-state index contributed by atoms with van der Waals surface area (Å²) in [5, 5.41) is 14.5. The highest BCUT2D eigenvalue weighted by atomic mass is 79.9. The minimum absolute atomic E-state index is 0.111. The molecule has 3 aromatic rings. The van der Waals surface area contributed by atoms with E-state index in [9.17, 15) is 9.18 Å². The molecule has 0 saturated carbocycles. The smallest absolute Gasteiger partial charge is 0.248 e. The van der Waals surface area contributed by atoms with Crippen molar-refractivity contribution in [3.05, 3.63) is 58.8 Å². The number of amides is 1. The maximum Gasteiger partial charge on any atom is 0.248 e. The van der Waals surface area contributed by atoms with Crippen LogP contribution in [-0.4, -0.2) is 26.1 Å².